The van der Waals surface area contributed by atoms with Gasteiger partial charge in [0.15, 0.2) is 0 Å². The van der Waals surface area contributed by atoms with E-state index in [1.165, 1.54) is 10.5 Å². The van der Waals surface area contributed by atoms with Crippen LogP contribution in [0.4, 0.5) is 5.69 Å². The van der Waals surface area contributed by atoms with E-state index in [4.69, 9.17) is 16.3 Å². The van der Waals surface area contributed by atoms with Crippen molar-refractivity contribution in [2.24, 2.45) is 0 Å². The van der Waals surface area contributed by atoms with E-state index in [1.807, 2.05) is 13.0 Å². The number of ether oxygens (including phenoxy) is 1. The average molecular weight is 467 g/mol. The number of anilines is 1. The van der Waals surface area contributed by atoms with Gasteiger partial charge in [-0.1, -0.05) is 48.0 Å². The zero-order valence-electron chi connectivity index (χ0n) is 18.3. The normalized spacial score (nSPS) is 16.7. The molecule has 0 aromatic heterocycles. The summed E-state index contributed by atoms with van der Waals surface area (Å²) in [6, 6.07) is 20.9. The van der Waals surface area contributed by atoms with Gasteiger partial charge in [0.1, 0.15) is 6.29 Å². The lowest BCUT2D eigenvalue weighted by atomic mass is 10.0. The van der Waals surface area contributed by atoms with Crippen LogP contribution in [0.15, 0.2) is 65.6 Å². The molecular formula is C26H27ClN2O2S. The van der Waals surface area contributed by atoms with Gasteiger partial charge in [-0.15, -0.1) is 0 Å². The molecule has 4 rings (SSSR count). The van der Waals surface area contributed by atoms with E-state index in [0.29, 0.717) is 13.2 Å². The van der Waals surface area contributed by atoms with Gasteiger partial charge in [-0.3, -0.25) is 4.90 Å². The van der Waals surface area contributed by atoms with Crippen LogP contribution in [-0.2, 0) is 16.1 Å². The van der Waals surface area contributed by atoms with Crippen LogP contribution in [0.5, 0.6) is 0 Å². The van der Waals surface area contributed by atoms with Crippen molar-refractivity contribution in [1.29, 1.82) is 0 Å². The summed E-state index contributed by atoms with van der Waals surface area (Å²) in [5.41, 5.74) is 6.79. The predicted molar refractivity (Wildman–Crippen MR) is 133 cm³/mol. The second-order valence-electron chi connectivity index (χ2n) is 8.10. The number of hydrogen-bond acceptors (Lipinski definition) is 5. The highest BCUT2D eigenvalue weighted by atomic mass is 35.5. The molecule has 0 radical (unpaired) electrons. The van der Waals surface area contributed by atoms with E-state index in [0.717, 1.165) is 52.3 Å². The third-order valence-corrected chi connectivity index (χ3v) is 7.11. The van der Waals surface area contributed by atoms with Gasteiger partial charge in [0.2, 0.25) is 0 Å². The van der Waals surface area contributed by atoms with Gasteiger partial charge in [-0.05, 0) is 77.9 Å². The average Bonchev–Trinajstić information content (AvgIpc) is 2.81. The minimum Gasteiger partial charge on any atom is -0.378 e. The first kappa shape index (κ1) is 22.9. The lowest BCUT2D eigenvalue weighted by Crippen LogP contribution is -2.45. The number of benzene rings is 3. The van der Waals surface area contributed by atoms with Gasteiger partial charge in [-0.25, -0.2) is 0 Å². The Morgan fingerprint density at radius 1 is 1.09 bits per heavy atom. The first-order chi connectivity index (χ1) is 15.5. The maximum absolute atomic E-state index is 11.3. The lowest BCUT2D eigenvalue weighted by molar-refractivity contribution is -0.118. The Labute approximate surface area is 199 Å². The van der Waals surface area contributed by atoms with Crippen LogP contribution < -0.4 is 4.72 Å². The second-order valence-corrected chi connectivity index (χ2v) is 9.35. The van der Waals surface area contributed by atoms with Crippen molar-refractivity contribution in [3.63, 3.8) is 0 Å². The van der Waals surface area contributed by atoms with Crippen LogP contribution in [0.1, 0.15) is 16.7 Å². The van der Waals surface area contributed by atoms with E-state index in [1.54, 1.807) is 11.9 Å². The number of nitrogens with one attached hydrogen (secondary N) is 1. The Bertz CT molecular complexity index is 1090. The van der Waals surface area contributed by atoms with Crippen LogP contribution >= 0.6 is 23.5 Å². The molecule has 1 aliphatic rings. The van der Waals surface area contributed by atoms with Crippen molar-refractivity contribution in [3.8, 4) is 11.1 Å². The SMILES string of the molecule is Cc1cc(SNc2cccc(-c3ccc(CN4CCOCC4C=O)cc3)c2)c(C)cc1Cl. The fourth-order valence-corrected chi connectivity index (χ4v) is 4.79. The number of hydrogen-bond donors (Lipinski definition) is 1. The molecule has 1 saturated heterocycles. The molecule has 1 atom stereocenters. The molecule has 0 saturated carbocycles. The van der Waals surface area contributed by atoms with Crippen molar-refractivity contribution < 1.29 is 9.53 Å². The molecule has 0 bridgehead atoms. The van der Waals surface area contributed by atoms with Crippen LogP contribution in [0, 0.1) is 13.8 Å². The van der Waals surface area contributed by atoms with E-state index in [2.05, 4.69) is 71.1 Å². The largest absolute Gasteiger partial charge is 0.378 e. The number of rotatable bonds is 7. The summed E-state index contributed by atoms with van der Waals surface area (Å²) in [4.78, 5) is 14.6. The molecule has 6 heteroatoms. The Balaban J connectivity index is 1.43. The van der Waals surface area contributed by atoms with E-state index >= 15 is 0 Å². The fraction of sp³-hybridized carbons (Fsp3) is 0.269. The molecule has 1 N–H and O–H groups in total. The molecule has 0 aliphatic carbocycles. The van der Waals surface area contributed by atoms with Crippen LogP contribution in [-0.4, -0.2) is 37.0 Å². The quantitative estimate of drug-likeness (QED) is 0.334. The summed E-state index contributed by atoms with van der Waals surface area (Å²) in [6.07, 6.45) is 0.983. The highest BCUT2D eigenvalue weighted by Crippen LogP contribution is 2.30. The first-order valence-electron chi connectivity index (χ1n) is 10.7. The molecule has 1 unspecified atom stereocenters. The number of carbonyl (C=O) groups is 1. The summed E-state index contributed by atoms with van der Waals surface area (Å²) in [6.45, 7) is 6.79. The van der Waals surface area contributed by atoms with Gasteiger partial charge in [-0.2, -0.15) is 0 Å². The van der Waals surface area contributed by atoms with Crippen molar-refractivity contribution in [3.05, 3.63) is 82.4 Å². The van der Waals surface area contributed by atoms with Crippen LogP contribution in [0.25, 0.3) is 11.1 Å². The molecule has 3 aromatic rings. The zero-order valence-corrected chi connectivity index (χ0v) is 19.9. The fourth-order valence-electron chi connectivity index (χ4n) is 3.76. The minimum absolute atomic E-state index is 0.156. The Kier molecular flexibility index (Phi) is 7.53. The topological polar surface area (TPSA) is 41.6 Å². The molecule has 0 amide bonds. The molecule has 166 valence electrons. The van der Waals surface area contributed by atoms with Gasteiger partial charge in [0, 0.05) is 28.7 Å². The molecule has 1 fully saturated rings. The zero-order chi connectivity index (χ0) is 22.5. The summed E-state index contributed by atoms with van der Waals surface area (Å²) in [5.74, 6) is 0. The minimum atomic E-state index is -0.156. The number of nitrogens with zero attached hydrogens (tertiary/aromatic N) is 1. The number of aryl methyl sites for hydroxylation is 2. The number of aldehydes is 1. The van der Waals surface area contributed by atoms with Crippen molar-refractivity contribution in [2.75, 3.05) is 24.5 Å². The third-order valence-electron chi connectivity index (χ3n) is 5.71. The first-order valence-corrected chi connectivity index (χ1v) is 11.9. The summed E-state index contributed by atoms with van der Waals surface area (Å²) in [5, 5.41) is 0.799. The van der Waals surface area contributed by atoms with E-state index in [-0.39, 0.29) is 6.04 Å². The van der Waals surface area contributed by atoms with Gasteiger partial charge in [0.25, 0.3) is 0 Å². The molecule has 3 aromatic carbocycles. The molecule has 32 heavy (non-hydrogen) atoms. The van der Waals surface area contributed by atoms with Crippen molar-refractivity contribution in [2.45, 2.75) is 31.3 Å². The van der Waals surface area contributed by atoms with Crippen LogP contribution in [0.2, 0.25) is 5.02 Å². The summed E-state index contributed by atoms with van der Waals surface area (Å²) < 4.78 is 8.87. The summed E-state index contributed by atoms with van der Waals surface area (Å²) in [7, 11) is 0. The Hall–Kier alpha value is -2.31. The maximum atomic E-state index is 11.3. The number of morpholine rings is 1. The standard InChI is InChI=1S/C26H27ClN2O2S/c1-18-13-26(19(2)12-25(18)27)32-28-23-5-3-4-22(14-23)21-8-6-20(7-9-21)15-29-10-11-31-17-24(29)16-30/h3-9,12-14,16,24,28H,10-11,15,17H2,1-2H3. The molecular weight excluding hydrogens is 440 g/mol. The number of carbonyl (C=O) groups excluding carboxylic acids is 1. The molecule has 1 aliphatic heterocycles. The maximum Gasteiger partial charge on any atom is 0.139 e. The van der Waals surface area contributed by atoms with E-state index in [9.17, 15) is 4.79 Å². The van der Waals surface area contributed by atoms with Gasteiger partial charge in [0.05, 0.1) is 19.3 Å². The highest BCUT2D eigenvalue weighted by molar-refractivity contribution is 8.00. The third kappa shape index (κ3) is 5.54. The van der Waals surface area contributed by atoms with Crippen LogP contribution in [0.3, 0.4) is 0 Å². The lowest BCUT2D eigenvalue weighted by Gasteiger charge is -2.32. The smallest absolute Gasteiger partial charge is 0.139 e. The predicted octanol–water partition coefficient (Wildman–Crippen LogP) is 6.14. The Morgan fingerprint density at radius 2 is 1.91 bits per heavy atom. The van der Waals surface area contributed by atoms with Crippen molar-refractivity contribution in [1.82, 2.24) is 4.90 Å². The van der Waals surface area contributed by atoms with Gasteiger partial charge >= 0.3 is 0 Å². The number of halogens is 1. The second kappa shape index (κ2) is 10.5. The molecule has 4 nitrogen and oxygen atoms in total. The summed E-state index contributed by atoms with van der Waals surface area (Å²) >= 11 is 7.82. The molecule has 0 spiro atoms. The Morgan fingerprint density at radius 3 is 2.69 bits per heavy atom. The highest BCUT2D eigenvalue weighted by Gasteiger charge is 2.22. The monoisotopic (exact) mass is 466 g/mol. The molecule has 1 heterocycles. The van der Waals surface area contributed by atoms with Gasteiger partial charge < -0.3 is 14.3 Å². The van der Waals surface area contributed by atoms with Crippen molar-refractivity contribution >= 4 is 35.5 Å². The van der Waals surface area contributed by atoms with E-state index < -0.39 is 0 Å².